The van der Waals surface area contributed by atoms with E-state index in [0.717, 1.165) is 0 Å². The van der Waals surface area contributed by atoms with Gasteiger partial charge in [0.2, 0.25) is 5.91 Å². The SMILES string of the molecule is Cc1cc([N+](=O)[O-])ccc1NC(=O)CCCn1nc(-c2ccc(F)cc2)ccc1=O. The maximum Gasteiger partial charge on any atom is 0.269 e. The number of aromatic nitrogens is 2. The summed E-state index contributed by atoms with van der Waals surface area (Å²) in [5.41, 5.74) is 1.95. The molecule has 9 heteroatoms. The van der Waals surface area contributed by atoms with Gasteiger partial charge in [-0.15, -0.1) is 0 Å². The summed E-state index contributed by atoms with van der Waals surface area (Å²) in [5, 5.41) is 17.8. The lowest BCUT2D eigenvalue weighted by Gasteiger charge is -2.09. The molecule has 0 spiro atoms. The van der Waals surface area contributed by atoms with Crippen molar-refractivity contribution in [2.75, 3.05) is 5.32 Å². The Labute approximate surface area is 171 Å². The van der Waals surface area contributed by atoms with Gasteiger partial charge in [-0.05, 0) is 55.3 Å². The second-order valence-corrected chi connectivity index (χ2v) is 6.69. The second-order valence-electron chi connectivity index (χ2n) is 6.69. The fourth-order valence-corrected chi connectivity index (χ4v) is 2.89. The third-order valence-electron chi connectivity index (χ3n) is 4.48. The molecule has 30 heavy (non-hydrogen) atoms. The summed E-state index contributed by atoms with van der Waals surface area (Å²) in [7, 11) is 0. The number of nitro benzene ring substituents is 1. The Morgan fingerprint density at radius 3 is 2.57 bits per heavy atom. The number of non-ortho nitro benzene ring substituents is 1. The van der Waals surface area contributed by atoms with Crippen molar-refractivity contribution in [3.8, 4) is 11.3 Å². The molecule has 2 aromatic carbocycles. The van der Waals surface area contributed by atoms with Crippen molar-refractivity contribution in [1.29, 1.82) is 0 Å². The molecule has 1 amide bonds. The number of rotatable bonds is 7. The Kier molecular flexibility index (Phi) is 6.31. The van der Waals surface area contributed by atoms with Gasteiger partial charge in [0, 0.05) is 42.4 Å². The summed E-state index contributed by atoms with van der Waals surface area (Å²) in [5.74, 6) is -0.629. The molecule has 1 aromatic heterocycles. The fraction of sp³-hybridized carbons (Fsp3) is 0.190. The highest BCUT2D eigenvalue weighted by molar-refractivity contribution is 5.91. The number of benzene rings is 2. The van der Waals surface area contributed by atoms with Crippen molar-refractivity contribution >= 4 is 17.3 Å². The lowest BCUT2D eigenvalue weighted by Crippen LogP contribution is -2.23. The van der Waals surface area contributed by atoms with Crippen LogP contribution in [-0.4, -0.2) is 20.6 Å². The highest BCUT2D eigenvalue weighted by Crippen LogP contribution is 2.21. The van der Waals surface area contributed by atoms with Crippen LogP contribution in [0.2, 0.25) is 0 Å². The molecule has 3 aromatic rings. The van der Waals surface area contributed by atoms with E-state index in [4.69, 9.17) is 0 Å². The number of nitrogens with one attached hydrogen (secondary N) is 1. The van der Waals surface area contributed by atoms with Gasteiger partial charge in [0.25, 0.3) is 11.2 Å². The molecule has 0 unspecified atom stereocenters. The fourth-order valence-electron chi connectivity index (χ4n) is 2.89. The molecule has 0 atom stereocenters. The van der Waals surface area contributed by atoms with Gasteiger partial charge in [0.05, 0.1) is 10.6 Å². The highest BCUT2D eigenvalue weighted by atomic mass is 19.1. The van der Waals surface area contributed by atoms with Crippen LogP contribution in [0.15, 0.2) is 59.4 Å². The van der Waals surface area contributed by atoms with E-state index in [0.29, 0.717) is 28.9 Å². The Balaban J connectivity index is 1.60. The van der Waals surface area contributed by atoms with E-state index in [1.807, 2.05) is 0 Å². The first-order valence-electron chi connectivity index (χ1n) is 9.22. The molecule has 0 aliphatic carbocycles. The van der Waals surface area contributed by atoms with E-state index in [9.17, 15) is 24.1 Å². The van der Waals surface area contributed by atoms with E-state index in [-0.39, 0.29) is 35.9 Å². The molecule has 0 aliphatic heterocycles. The second kappa shape index (κ2) is 9.08. The van der Waals surface area contributed by atoms with Crippen LogP contribution in [0.4, 0.5) is 15.8 Å². The van der Waals surface area contributed by atoms with Gasteiger partial charge in [-0.2, -0.15) is 5.10 Å². The van der Waals surface area contributed by atoms with Crippen LogP contribution < -0.4 is 10.9 Å². The van der Waals surface area contributed by atoms with Crippen LogP contribution in [0.3, 0.4) is 0 Å². The van der Waals surface area contributed by atoms with E-state index in [1.54, 1.807) is 25.1 Å². The van der Waals surface area contributed by atoms with Gasteiger partial charge in [0.1, 0.15) is 5.82 Å². The number of halogens is 1. The lowest BCUT2D eigenvalue weighted by molar-refractivity contribution is -0.384. The normalized spacial score (nSPS) is 10.6. The third-order valence-corrected chi connectivity index (χ3v) is 4.48. The van der Waals surface area contributed by atoms with Crippen molar-refractivity contribution in [3.05, 3.63) is 86.4 Å². The Bertz CT molecular complexity index is 1140. The van der Waals surface area contributed by atoms with E-state index in [1.165, 1.54) is 41.1 Å². The number of carbonyl (C=O) groups excluding carboxylic acids is 1. The summed E-state index contributed by atoms with van der Waals surface area (Å²) < 4.78 is 14.3. The molecule has 0 bridgehead atoms. The molecular formula is C21H19FN4O4. The molecular weight excluding hydrogens is 391 g/mol. The summed E-state index contributed by atoms with van der Waals surface area (Å²) >= 11 is 0. The summed E-state index contributed by atoms with van der Waals surface area (Å²) in [4.78, 5) is 34.5. The van der Waals surface area contributed by atoms with Gasteiger partial charge in [0.15, 0.2) is 0 Å². The van der Waals surface area contributed by atoms with Gasteiger partial charge in [-0.25, -0.2) is 9.07 Å². The molecule has 3 rings (SSSR count). The van der Waals surface area contributed by atoms with Crippen molar-refractivity contribution in [2.45, 2.75) is 26.3 Å². The highest BCUT2D eigenvalue weighted by Gasteiger charge is 2.11. The molecule has 0 saturated heterocycles. The van der Waals surface area contributed by atoms with Crippen LogP contribution in [0, 0.1) is 22.9 Å². The Morgan fingerprint density at radius 1 is 1.17 bits per heavy atom. The van der Waals surface area contributed by atoms with Crippen LogP contribution in [0.1, 0.15) is 18.4 Å². The zero-order valence-electron chi connectivity index (χ0n) is 16.2. The smallest absolute Gasteiger partial charge is 0.269 e. The monoisotopic (exact) mass is 410 g/mol. The molecule has 1 heterocycles. The van der Waals surface area contributed by atoms with E-state index >= 15 is 0 Å². The predicted molar refractivity (Wildman–Crippen MR) is 110 cm³/mol. The standard InChI is InChI=1S/C21H19FN4O4/c1-14-13-17(26(29)30)8-9-18(14)23-20(27)3-2-12-25-21(28)11-10-19(24-25)15-4-6-16(22)7-5-15/h4-11,13H,2-3,12H2,1H3,(H,23,27). The molecule has 0 fully saturated rings. The summed E-state index contributed by atoms with van der Waals surface area (Å²) in [6.45, 7) is 1.91. The average molecular weight is 410 g/mol. The van der Waals surface area contributed by atoms with Crippen LogP contribution in [-0.2, 0) is 11.3 Å². The van der Waals surface area contributed by atoms with Gasteiger partial charge >= 0.3 is 0 Å². The first-order chi connectivity index (χ1) is 14.3. The zero-order valence-corrected chi connectivity index (χ0v) is 16.2. The third kappa shape index (κ3) is 5.13. The number of amides is 1. The summed E-state index contributed by atoms with van der Waals surface area (Å²) in [6, 6.07) is 12.9. The van der Waals surface area contributed by atoms with Gasteiger partial charge in [-0.3, -0.25) is 19.7 Å². The molecule has 1 N–H and O–H groups in total. The van der Waals surface area contributed by atoms with Crippen molar-refractivity contribution in [3.63, 3.8) is 0 Å². The molecule has 0 saturated carbocycles. The van der Waals surface area contributed by atoms with Crippen LogP contribution >= 0.6 is 0 Å². The number of carbonyl (C=O) groups is 1. The molecule has 0 radical (unpaired) electrons. The maximum absolute atomic E-state index is 13.1. The lowest BCUT2D eigenvalue weighted by atomic mass is 10.1. The average Bonchev–Trinajstić information content (AvgIpc) is 2.71. The molecule has 8 nitrogen and oxygen atoms in total. The Hall–Kier alpha value is -3.88. The Morgan fingerprint density at radius 2 is 1.90 bits per heavy atom. The number of aryl methyl sites for hydroxylation is 2. The minimum atomic E-state index is -0.497. The summed E-state index contributed by atoms with van der Waals surface area (Å²) in [6.07, 6.45) is 0.517. The largest absolute Gasteiger partial charge is 0.326 e. The van der Waals surface area contributed by atoms with E-state index in [2.05, 4.69) is 10.4 Å². The van der Waals surface area contributed by atoms with Crippen molar-refractivity contribution in [2.24, 2.45) is 0 Å². The number of hydrogen-bond donors (Lipinski definition) is 1. The van der Waals surface area contributed by atoms with Gasteiger partial charge < -0.3 is 5.32 Å². The minimum Gasteiger partial charge on any atom is -0.326 e. The number of nitrogens with zero attached hydrogens (tertiary/aromatic N) is 3. The first-order valence-corrected chi connectivity index (χ1v) is 9.22. The zero-order chi connectivity index (χ0) is 21.7. The minimum absolute atomic E-state index is 0.0445. The van der Waals surface area contributed by atoms with Crippen LogP contribution in [0.5, 0.6) is 0 Å². The van der Waals surface area contributed by atoms with Gasteiger partial charge in [-0.1, -0.05) is 0 Å². The number of anilines is 1. The molecule has 154 valence electrons. The topological polar surface area (TPSA) is 107 Å². The first kappa shape index (κ1) is 20.8. The number of hydrogen-bond acceptors (Lipinski definition) is 5. The quantitative estimate of drug-likeness (QED) is 0.472. The maximum atomic E-state index is 13.1. The number of nitro groups is 1. The predicted octanol–water partition coefficient (Wildman–Crippen LogP) is 3.68. The molecule has 0 aliphatic rings. The van der Waals surface area contributed by atoms with Crippen molar-refractivity contribution in [1.82, 2.24) is 9.78 Å². The van der Waals surface area contributed by atoms with Crippen LogP contribution in [0.25, 0.3) is 11.3 Å². The van der Waals surface area contributed by atoms with Crippen molar-refractivity contribution < 1.29 is 14.1 Å². The van der Waals surface area contributed by atoms with E-state index < -0.39 is 4.92 Å².